The van der Waals surface area contributed by atoms with Gasteiger partial charge in [-0.3, -0.25) is 0 Å². The summed E-state index contributed by atoms with van der Waals surface area (Å²) in [5.74, 6) is 1.60. The monoisotopic (exact) mass is 377 g/mol. The van der Waals surface area contributed by atoms with E-state index in [1.807, 2.05) is 66.9 Å². The highest BCUT2D eigenvalue weighted by Gasteiger charge is 2.15. The van der Waals surface area contributed by atoms with Crippen LogP contribution in [0.1, 0.15) is 5.56 Å². The standard InChI is InChI=1S/C25H19N3O/c1-2-8-19(9-3-1)18-29-23-14-13-20-10-4-5-11-21(20)25(23)22-15-17-28(27-22)24-12-6-7-16-26-24/h1-17H,18H2. The van der Waals surface area contributed by atoms with Crippen molar-refractivity contribution >= 4 is 10.8 Å². The van der Waals surface area contributed by atoms with Crippen molar-refractivity contribution in [2.24, 2.45) is 0 Å². The minimum absolute atomic E-state index is 0.507. The summed E-state index contributed by atoms with van der Waals surface area (Å²) in [6, 6.07) is 30.4. The third-order valence-electron chi connectivity index (χ3n) is 4.86. The Kier molecular flexibility index (Phi) is 4.51. The molecule has 0 saturated carbocycles. The van der Waals surface area contributed by atoms with Crippen LogP contribution in [0.5, 0.6) is 5.75 Å². The highest BCUT2D eigenvalue weighted by Crippen LogP contribution is 2.36. The SMILES string of the molecule is c1ccc(COc2ccc3ccccc3c2-c2ccn(-c3ccccn3)n2)cc1. The predicted octanol–water partition coefficient (Wildman–Crippen LogP) is 5.67. The van der Waals surface area contributed by atoms with Crippen LogP contribution in [0.2, 0.25) is 0 Å². The molecule has 140 valence electrons. The summed E-state index contributed by atoms with van der Waals surface area (Å²) in [5, 5.41) is 7.06. The van der Waals surface area contributed by atoms with Crippen molar-refractivity contribution in [2.75, 3.05) is 0 Å². The van der Waals surface area contributed by atoms with Gasteiger partial charge in [-0.1, -0.05) is 66.7 Å². The van der Waals surface area contributed by atoms with E-state index in [0.717, 1.165) is 39.2 Å². The second-order valence-corrected chi connectivity index (χ2v) is 6.77. The summed E-state index contributed by atoms with van der Waals surface area (Å²) >= 11 is 0. The third-order valence-corrected chi connectivity index (χ3v) is 4.86. The minimum Gasteiger partial charge on any atom is -0.488 e. The van der Waals surface area contributed by atoms with Crippen LogP contribution >= 0.6 is 0 Å². The van der Waals surface area contributed by atoms with Crippen molar-refractivity contribution in [3.05, 3.63) is 109 Å². The fourth-order valence-corrected chi connectivity index (χ4v) is 3.45. The van der Waals surface area contributed by atoms with Crippen molar-refractivity contribution in [3.8, 4) is 22.8 Å². The predicted molar refractivity (Wildman–Crippen MR) is 115 cm³/mol. The Morgan fingerprint density at radius 3 is 2.45 bits per heavy atom. The van der Waals surface area contributed by atoms with Crippen LogP contribution in [0, 0.1) is 0 Å². The van der Waals surface area contributed by atoms with Gasteiger partial charge in [-0.2, -0.15) is 5.10 Å². The van der Waals surface area contributed by atoms with Crippen LogP contribution in [-0.4, -0.2) is 14.8 Å². The topological polar surface area (TPSA) is 39.9 Å². The van der Waals surface area contributed by atoms with Gasteiger partial charge >= 0.3 is 0 Å². The first-order valence-electron chi connectivity index (χ1n) is 9.54. The second kappa shape index (κ2) is 7.60. The van der Waals surface area contributed by atoms with E-state index in [9.17, 15) is 0 Å². The molecule has 29 heavy (non-hydrogen) atoms. The Balaban J connectivity index is 1.58. The van der Waals surface area contributed by atoms with Gasteiger partial charge in [0.2, 0.25) is 0 Å². The van der Waals surface area contributed by atoms with Gasteiger partial charge < -0.3 is 4.74 Å². The maximum Gasteiger partial charge on any atom is 0.153 e. The van der Waals surface area contributed by atoms with Gasteiger partial charge in [0.1, 0.15) is 12.4 Å². The summed E-state index contributed by atoms with van der Waals surface area (Å²) in [4.78, 5) is 4.39. The molecule has 0 unspecified atom stereocenters. The maximum atomic E-state index is 6.24. The highest BCUT2D eigenvalue weighted by atomic mass is 16.5. The fraction of sp³-hybridized carbons (Fsp3) is 0.0400. The minimum atomic E-state index is 0.507. The first-order valence-corrected chi connectivity index (χ1v) is 9.54. The van der Waals surface area contributed by atoms with Crippen LogP contribution in [0.15, 0.2) is 103 Å². The van der Waals surface area contributed by atoms with E-state index in [1.54, 1.807) is 10.9 Å². The normalized spacial score (nSPS) is 10.9. The molecule has 0 fully saturated rings. The average molecular weight is 377 g/mol. The van der Waals surface area contributed by atoms with E-state index in [2.05, 4.69) is 35.3 Å². The molecule has 0 aliphatic heterocycles. The molecule has 0 aliphatic carbocycles. The number of aromatic nitrogens is 3. The molecule has 0 aliphatic rings. The molecule has 2 aromatic heterocycles. The number of pyridine rings is 1. The van der Waals surface area contributed by atoms with Crippen LogP contribution < -0.4 is 4.74 Å². The quantitative estimate of drug-likeness (QED) is 0.396. The van der Waals surface area contributed by atoms with Crippen LogP contribution in [0.3, 0.4) is 0 Å². The van der Waals surface area contributed by atoms with Gasteiger partial charge in [0.15, 0.2) is 5.82 Å². The van der Waals surface area contributed by atoms with E-state index in [0.29, 0.717) is 6.61 Å². The molecule has 5 rings (SSSR count). The lowest BCUT2D eigenvalue weighted by molar-refractivity contribution is 0.308. The molecule has 0 bridgehead atoms. The number of benzene rings is 3. The van der Waals surface area contributed by atoms with E-state index in [-0.39, 0.29) is 0 Å². The van der Waals surface area contributed by atoms with Crippen molar-refractivity contribution in [1.29, 1.82) is 0 Å². The van der Waals surface area contributed by atoms with Crippen LogP contribution in [-0.2, 0) is 6.61 Å². The summed E-state index contributed by atoms with van der Waals surface area (Å²) in [6.45, 7) is 0.507. The van der Waals surface area contributed by atoms with Gasteiger partial charge in [-0.25, -0.2) is 9.67 Å². The molecule has 0 radical (unpaired) electrons. The fourth-order valence-electron chi connectivity index (χ4n) is 3.45. The lowest BCUT2D eigenvalue weighted by atomic mass is 10.0. The smallest absolute Gasteiger partial charge is 0.153 e. The van der Waals surface area contributed by atoms with Crippen molar-refractivity contribution < 1.29 is 4.74 Å². The van der Waals surface area contributed by atoms with Crippen molar-refractivity contribution in [1.82, 2.24) is 14.8 Å². The van der Waals surface area contributed by atoms with Crippen LogP contribution in [0.4, 0.5) is 0 Å². The largest absolute Gasteiger partial charge is 0.488 e. The first-order chi connectivity index (χ1) is 14.4. The molecule has 0 spiro atoms. The zero-order valence-corrected chi connectivity index (χ0v) is 15.8. The molecule has 0 atom stereocenters. The first kappa shape index (κ1) is 17.2. The molecular formula is C25H19N3O. The van der Waals surface area contributed by atoms with Gasteiger partial charge in [-0.15, -0.1) is 0 Å². The third kappa shape index (κ3) is 3.48. The van der Waals surface area contributed by atoms with Crippen molar-refractivity contribution in [3.63, 3.8) is 0 Å². The number of fused-ring (bicyclic) bond motifs is 1. The molecule has 5 aromatic rings. The Morgan fingerprint density at radius 1 is 0.759 bits per heavy atom. The van der Waals surface area contributed by atoms with Gasteiger partial charge in [-0.05, 0) is 40.6 Å². The number of nitrogens with zero attached hydrogens (tertiary/aromatic N) is 3. The molecule has 0 amide bonds. The zero-order valence-electron chi connectivity index (χ0n) is 15.8. The Hall–Kier alpha value is -3.92. The van der Waals surface area contributed by atoms with Gasteiger partial charge in [0, 0.05) is 12.4 Å². The average Bonchev–Trinajstić information content (AvgIpc) is 3.28. The van der Waals surface area contributed by atoms with E-state index in [4.69, 9.17) is 9.84 Å². The Bertz CT molecular complexity index is 1250. The molecule has 2 heterocycles. The summed E-state index contributed by atoms with van der Waals surface area (Å²) in [6.07, 6.45) is 3.70. The maximum absolute atomic E-state index is 6.24. The Morgan fingerprint density at radius 2 is 1.59 bits per heavy atom. The van der Waals surface area contributed by atoms with E-state index < -0.39 is 0 Å². The number of hydrogen-bond acceptors (Lipinski definition) is 3. The summed E-state index contributed by atoms with van der Waals surface area (Å²) < 4.78 is 8.03. The molecule has 4 nitrogen and oxygen atoms in total. The molecule has 0 N–H and O–H groups in total. The molecular weight excluding hydrogens is 358 g/mol. The lowest BCUT2D eigenvalue weighted by Gasteiger charge is -2.13. The van der Waals surface area contributed by atoms with E-state index in [1.165, 1.54) is 0 Å². The number of ether oxygens (including phenoxy) is 1. The zero-order chi connectivity index (χ0) is 19.5. The van der Waals surface area contributed by atoms with Crippen LogP contribution in [0.25, 0.3) is 27.8 Å². The van der Waals surface area contributed by atoms with Gasteiger partial charge in [0.05, 0.1) is 11.3 Å². The Labute approximate surface area is 169 Å². The molecule has 4 heteroatoms. The molecule has 3 aromatic carbocycles. The number of rotatable bonds is 5. The highest BCUT2D eigenvalue weighted by molar-refractivity contribution is 5.98. The summed E-state index contributed by atoms with van der Waals surface area (Å²) in [7, 11) is 0. The number of hydrogen-bond donors (Lipinski definition) is 0. The summed E-state index contributed by atoms with van der Waals surface area (Å²) in [5.41, 5.74) is 2.98. The van der Waals surface area contributed by atoms with Crippen molar-refractivity contribution in [2.45, 2.75) is 6.61 Å². The second-order valence-electron chi connectivity index (χ2n) is 6.77. The molecule has 0 saturated heterocycles. The van der Waals surface area contributed by atoms with Gasteiger partial charge in [0.25, 0.3) is 0 Å². The van der Waals surface area contributed by atoms with E-state index >= 15 is 0 Å². The lowest BCUT2D eigenvalue weighted by Crippen LogP contribution is -1.99.